The molecule has 5 nitrogen and oxygen atoms in total. The lowest BCUT2D eigenvalue weighted by atomic mass is 10.0. The molecule has 0 aliphatic carbocycles. The van der Waals surface area contributed by atoms with Gasteiger partial charge in [-0.3, -0.25) is 0 Å². The van der Waals surface area contributed by atoms with Gasteiger partial charge < -0.3 is 19.9 Å². The largest absolute Gasteiger partial charge is 0.496 e. The van der Waals surface area contributed by atoms with Crippen LogP contribution in [0.25, 0.3) is 0 Å². The first-order chi connectivity index (χ1) is 8.72. The summed E-state index contributed by atoms with van der Waals surface area (Å²) in [5.74, 6) is -0.253. The zero-order chi connectivity index (χ0) is 13.0. The molecule has 1 heterocycles. The van der Waals surface area contributed by atoms with E-state index in [2.05, 4.69) is 5.32 Å². The van der Waals surface area contributed by atoms with Crippen molar-refractivity contribution >= 4 is 5.97 Å². The molecule has 0 bridgehead atoms. The van der Waals surface area contributed by atoms with E-state index in [1.807, 2.05) is 0 Å². The van der Waals surface area contributed by atoms with Crippen molar-refractivity contribution in [1.82, 2.24) is 5.32 Å². The summed E-state index contributed by atoms with van der Waals surface area (Å²) in [5, 5.41) is 12.4. The SMILES string of the molecule is COc1ccc(C(=O)O)cc1C1COCCCN1. The molecule has 0 amide bonds. The molecule has 98 valence electrons. The molecule has 0 radical (unpaired) electrons. The third kappa shape index (κ3) is 2.80. The quantitative estimate of drug-likeness (QED) is 0.851. The molecule has 5 heteroatoms. The standard InChI is InChI=1S/C13H17NO4/c1-17-12-4-3-9(13(15)16)7-10(12)11-8-18-6-2-5-14-11/h3-4,7,11,14H,2,5-6,8H2,1H3,(H,15,16). The minimum atomic E-state index is -0.937. The Balaban J connectivity index is 2.32. The van der Waals surface area contributed by atoms with E-state index in [9.17, 15) is 4.79 Å². The maximum Gasteiger partial charge on any atom is 0.335 e. The first kappa shape index (κ1) is 12.9. The zero-order valence-corrected chi connectivity index (χ0v) is 10.3. The fourth-order valence-corrected chi connectivity index (χ4v) is 2.05. The van der Waals surface area contributed by atoms with Crippen molar-refractivity contribution in [3.63, 3.8) is 0 Å². The summed E-state index contributed by atoms with van der Waals surface area (Å²) in [7, 11) is 1.58. The van der Waals surface area contributed by atoms with Gasteiger partial charge in [-0.2, -0.15) is 0 Å². The molecule has 0 spiro atoms. The van der Waals surface area contributed by atoms with Crippen molar-refractivity contribution in [2.45, 2.75) is 12.5 Å². The second-order valence-corrected chi connectivity index (χ2v) is 4.20. The minimum absolute atomic E-state index is 0.0262. The van der Waals surface area contributed by atoms with Gasteiger partial charge in [0.25, 0.3) is 0 Å². The Hall–Kier alpha value is -1.59. The Bertz CT molecular complexity index is 425. The van der Waals surface area contributed by atoms with Crippen molar-refractivity contribution in [3.05, 3.63) is 29.3 Å². The lowest BCUT2D eigenvalue weighted by Gasteiger charge is -2.19. The van der Waals surface area contributed by atoms with E-state index >= 15 is 0 Å². The van der Waals surface area contributed by atoms with E-state index in [1.54, 1.807) is 25.3 Å². The maximum atomic E-state index is 11.0. The van der Waals surface area contributed by atoms with Crippen molar-refractivity contribution in [2.24, 2.45) is 0 Å². The normalized spacial score (nSPS) is 20.2. The first-order valence-corrected chi connectivity index (χ1v) is 5.94. The van der Waals surface area contributed by atoms with Gasteiger partial charge in [-0.05, 0) is 31.2 Å². The van der Waals surface area contributed by atoms with E-state index in [1.165, 1.54) is 0 Å². The highest BCUT2D eigenvalue weighted by atomic mass is 16.5. The Labute approximate surface area is 106 Å². The summed E-state index contributed by atoms with van der Waals surface area (Å²) >= 11 is 0. The van der Waals surface area contributed by atoms with Crippen LogP contribution in [-0.2, 0) is 4.74 Å². The summed E-state index contributed by atoms with van der Waals surface area (Å²) in [6.07, 6.45) is 0.956. The number of aromatic carboxylic acids is 1. The van der Waals surface area contributed by atoms with Crippen LogP contribution >= 0.6 is 0 Å². The molecule has 0 aromatic heterocycles. The van der Waals surface area contributed by atoms with E-state index < -0.39 is 5.97 Å². The van der Waals surface area contributed by atoms with Crippen molar-refractivity contribution < 1.29 is 19.4 Å². The predicted octanol–water partition coefficient (Wildman–Crippen LogP) is 1.44. The monoisotopic (exact) mass is 251 g/mol. The van der Waals surface area contributed by atoms with Gasteiger partial charge in [0.2, 0.25) is 0 Å². The molecule has 1 aliphatic rings. The average molecular weight is 251 g/mol. The lowest BCUT2D eigenvalue weighted by molar-refractivity contribution is 0.0696. The number of benzene rings is 1. The Morgan fingerprint density at radius 3 is 3.11 bits per heavy atom. The molecule has 1 aromatic carbocycles. The number of carbonyl (C=O) groups is 1. The number of carboxylic acids is 1. The molecule has 1 atom stereocenters. The van der Waals surface area contributed by atoms with Gasteiger partial charge in [-0.1, -0.05) is 0 Å². The van der Waals surface area contributed by atoms with E-state index in [0.29, 0.717) is 12.4 Å². The number of ether oxygens (including phenoxy) is 2. The van der Waals surface area contributed by atoms with Gasteiger partial charge in [0.15, 0.2) is 0 Å². The third-order valence-corrected chi connectivity index (χ3v) is 2.99. The summed E-state index contributed by atoms with van der Waals surface area (Å²) < 4.78 is 10.8. The molecule has 2 rings (SSSR count). The Kier molecular flexibility index (Phi) is 4.17. The Morgan fingerprint density at radius 2 is 2.39 bits per heavy atom. The van der Waals surface area contributed by atoms with Crippen LogP contribution in [0, 0.1) is 0 Å². The highest BCUT2D eigenvalue weighted by Gasteiger charge is 2.19. The van der Waals surface area contributed by atoms with Gasteiger partial charge in [0.1, 0.15) is 5.75 Å². The third-order valence-electron chi connectivity index (χ3n) is 2.99. The second kappa shape index (κ2) is 5.84. The van der Waals surface area contributed by atoms with Crippen LogP contribution in [0.15, 0.2) is 18.2 Å². The Morgan fingerprint density at radius 1 is 1.56 bits per heavy atom. The highest BCUT2D eigenvalue weighted by Crippen LogP contribution is 2.27. The molecule has 0 saturated carbocycles. The van der Waals surface area contributed by atoms with Gasteiger partial charge in [-0.25, -0.2) is 4.79 Å². The number of hydrogen-bond donors (Lipinski definition) is 2. The number of carboxylic acid groups (broad SMARTS) is 1. The van der Waals surface area contributed by atoms with Crippen LogP contribution < -0.4 is 10.1 Å². The average Bonchev–Trinajstić information content (AvgIpc) is 2.66. The van der Waals surface area contributed by atoms with Crippen LogP contribution in [0.4, 0.5) is 0 Å². The molecule has 1 unspecified atom stereocenters. The van der Waals surface area contributed by atoms with Crippen molar-refractivity contribution in [1.29, 1.82) is 0 Å². The first-order valence-electron chi connectivity index (χ1n) is 5.94. The number of nitrogens with one attached hydrogen (secondary N) is 1. The second-order valence-electron chi connectivity index (χ2n) is 4.20. The van der Waals surface area contributed by atoms with E-state index in [4.69, 9.17) is 14.6 Å². The van der Waals surface area contributed by atoms with Crippen LogP contribution in [0.5, 0.6) is 5.75 Å². The van der Waals surface area contributed by atoms with E-state index in [-0.39, 0.29) is 11.6 Å². The molecule has 1 aliphatic heterocycles. The maximum absolute atomic E-state index is 11.0. The predicted molar refractivity (Wildman–Crippen MR) is 66.1 cm³/mol. The smallest absolute Gasteiger partial charge is 0.335 e. The number of methoxy groups -OCH3 is 1. The zero-order valence-electron chi connectivity index (χ0n) is 10.3. The summed E-state index contributed by atoms with van der Waals surface area (Å²) in [6, 6.07) is 4.85. The van der Waals surface area contributed by atoms with Crippen LogP contribution in [-0.4, -0.2) is 37.9 Å². The summed E-state index contributed by atoms with van der Waals surface area (Å²) in [6.45, 7) is 2.11. The van der Waals surface area contributed by atoms with E-state index in [0.717, 1.165) is 25.1 Å². The van der Waals surface area contributed by atoms with Crippen molar-refractivity contribution in [3.8, 4) is 5.75 Å². The van der Waals surface area contributed by atoms with Gasteiger partial charge in [0, 0.05) is 12.2 Å². The molecule has 2 N–H and O–H groups in total. The van der Waals surface area contributed by atoms with Crippen molar-refractivity contribution in [2.75, 3.05) is 26.9 Å². The molecule has 1 aromatic rings. The fraction of sp³-hybridized carbons (Fsp3) is 0.462. The van der Waals surface area contributed by atoms with Crippen LogP contribution in [0.2, 0.25) is 0 Å². The number of rotatable bonds is 3. The van der Waals surface area contributed by atoms with Crippen LogP contribution in [0.1, 0.15) is 28.4 Å². The van der Waals surface area contributed by atoms with Gasteiger partial charge in [0.05, 0.1) is 25.3 Å². The molecule has 1 fully saturated rings. The highest BCUT2D eigenvalue weighted by molar-refractivity contribution is 5.88. The minimum Gasteiger partial charge on any atom is -0.496 e. The topological polar surface area (TPSA) is 67.8 Å². The molecule has 18 heavy (non-hydrogen) atoms. The fourth-order valence-electron chi connectivity index (χ4n) is 2.05. The van der Waals surface area contributed by atoms with Gasteiger partial charge in [-0.15, -0.1) is 0 Å². The summed E-state index contributed by atoms with van der Waals surface area (Å²) in [4.78, 5) is 11.0. The molecular formula is C13H17NO4. The molecule has 1 saturated heterocycles. The number of hydrogen-bond acceptors (Lipinski definition) is 4. The molecular weight excluding hydrogens is 234 g/mol. The van der Waals surface area contributed by atoms with Crippen LogP contribution in [0.3, 0.4) is 0 Å². The lowest BCUT2D eigenvalue weighted by Crippen LogP contribution is -2.24. The summed E-state index contributed by atoms with van der Waals surface area (Å²) in [5.41, 5.74) is 1.09. The van der Waals surface area contributed by atoms with Gasteiger partial charge >= 0.3 is 5.97 Å².